The van der Waals surface area contributed by atoms with Gasteiger partial charge in [0.15, 0.2) is 5.82 Å². The van der Waals surface area contributed by atoms with Crippen LogP contribution in [0.5, 0.6) is 5.75 Å². The van der Waals surface area contributed by atoms with E-state index in [1.165, 1.54) is 5.56 Å². The van der Waals surface area contributed by atoms with Gasteiger partial charge < -0.3 is 4.74 Å². The van der Waals surface area contributed by atoms with Gasteiger partial charge in [-0.25, -0.2) is 9.97 Å². The summed E-state index contributed by atoms with van der Waals surface area (Å²) < 4.78 is 5.30. The molecule has 0 saturated carbocycles. The van der Waals surface area contributed by atoms with Crippen LogP contribution in [0.4, 0.5) is 0 Å². The first kappa shape index (κ1) is 11.6. The maximum absolute atomic E-state index is 5.30. The molecule has 0 spiro atoms. The lowest BCUT2D eigenvalue weighted by molar-refractivity contribution is 0.416. The van der Waals surface area contributed by atoms with Gasteiger partial charge in [-0.3, -0.25) is 0 Å². The van der Waals surface area contributed by atoms with E-state index < -0.39 is 0 Å². The zero-order valence-electron chi connectivity index (χ0n) is 10.2. The summed E-state index contributed by atoms with van der Waals surface area (Å²) in [4.78, 5) is 8.77. The van der Waals surface area contributed by atoms with Crippen LogP contribution in [0.15, 0.2) is 36.7 Å². The molecule has 0 radical (unpaired) electrons. The zero-order valence-corrected chi connectivity index (χ0v) is 10.2. The van der Waals surface area contributed by atoms with Crippen molar-refractivity contribution < 1.29 is 4.74 Å². The number of aromatic nitrogens is 2. The molecule has 1 aromatic carbocycles. The van der Waals surface area contributed by atoms with Gasteiger partial charge in [0.2, 0.25) is 0 Å². The van der Waals surface area contributed by atoms with Gasteiger partial charge in [-0.2, -0.15) is 0 Å². The summed E-state index contributed by atoms with van der Waals surface area (Å²) in [5.41, 5.74) is 2.10. The molecule has 0 fully saturated rings. The van der Waals surface area contributed by atoms with E-state index in [1.54, 1.807) is 7.11 Å². The average Bonchev–Trinajstić information content (AvgIpc) is 2.40. The van der Waals surface area contributed by atoms with Crippen LogP contribution in [-0.2, 0) is 6.42 Å². The normalized spacial score (nSPS) is 10.2. The van der Waals surface area contributed by atoms with Crippen molar-refractivity contribution in [3.63, 3.8) is 0 Å². The van der Waals surface area contributed by atoms with Crippen LogP contribution in [0.1, 0.15) is 18.9 Å². The monoisotopic (exact) mass is 228 g/mol. The van der Waals surface area contributed by atoms with Gasteiger partial charge in [0, 0.05) is 12.4 Å². The summed E-state index contributed by atoms with van der Waals surface area (Å²) in [5.74, 6) is 1.51. The van der Waals surface area contributed by atoms with Crippen LogP contribution < -0.4 is 4.74 Å². The van der Waals surface area contributed by atoms with Gasteiger partial charge >= 0.3 is 0 Å². The quantitative estimate of drug-likeness (QED) is 0.806. The SMILES string of the molecule is CCCc1cnc(-c2ccccc2OC)nc1. The molecule has 0 aliphatic carbocycles. The standard InChI is InChI=1S/C14H16N2O/c1-3-6-11-9-15-14(16-10-11)12-7-4-5-8-13(12)17-2/h4-5,7-10H,3,6H2,1-2H3. The summed E-state index contributed by atoms with van der Waals surface area (Å²) in [6.45, 7) is 2.15. The number of ether oxygens (including phenoxy) is 1. The van der Waals surface area contributed by atoms with E-state index in [2.05, 4.69) is 16.9 Å². The summed E-state index contributed by atoms with van der Waals surface area (Å²) in [6.07, 6.45) is 5.90. The minimum Gasteiger partial charge on any atom is -0.496 e. The van der Waals surface area contributed by atoms with Gasteiger partial charge in [0.25, 0.3) is 0 Å². The average molecular weight is 228 g/mol. The number of rotatable bonds is 4. The van der Waals surface area contributed by atoms with E-state index in [4.69, 9.17) is 4.74 Å². The Kier molecular flexibility index (Phi) is 3.70. The largest absolute Gasteiger partial charge is 0.496 e. The van der Waals surface area contributed by atoms with E-state index in [0.717, 1.165) is 24.2 Å². The van der Waals surface area contributed by atoms with E-state index in [9.17, 15) is 0 Å². The molecule has 0 bridgehead atoms. The van der Waals surface area contributed by atoms with E-state index in [-0.39, 0.29) is 0 Å². The summed E-state index contributed by atoms with van der Waals surface area (Å²) in [6, 6.07) is 7.78. The predicted octanol–water partition coefficient (Wildman–Crippen LogP) is 3.10. The van der Waals surface area contributed by atoms with Crippen LogP contribution in [0, 0.1) is 0 Å². The van der Waals surface area contributed by atoms with E-state index in [1.807, 2.05) is 36.7 Å². The minimum atomic E-state index is 0.710. The fourth-order valence-corrected chi connectivity index (χ4v) is 1.74. The third-order valence-electron chi connectivity index (χ3n) is 2.59. The van der Waals surface area contributed by atoms with Crippen molar-refractivity contribution >= 4 is 0 Å². The molecule has 0 aliphatic heterocycles. The highest BCUT2D eigenvalue weighted by atomic mass is 16.5. The Hall–Kier alpha value is -1.90. The number of hydrogen-bond acceptors (Lipinski definition) is 3. The molecule has 3 heteroatoms. The first-order valence-corrected chi connectivity index (χ1v) is 5.79. The van der Waals surface area contributed by atoms with Gasteiger partial charge in [-0.15, -0.1) is 0 Å². The van der Waals surface area contributed by atoms with Crippen molar-refractivity contribution in [3.05, 3.63) is 42.2 Å². The fourth-order valence-electron chi connectivity index (χ4n) is 1.74. The second kappa shape index (κ2) is 5.43. The topological polar surface area (TPSA) is 35.0 Å². The van der Waals surface area contributed by atoms with Gasteiger partial charge in [0.05, 0.1) is 12.7 Å². The molecule has 0 atom stereocenters. The number of nitrogens with zero attached hydrogens (tertiary/aromatic N) is 2. The number of benzene rings is 1. The Morgan fingerprint density at radius 3 is 2.47 bits per heavy atom. The van der Waals surface area contributed by atoms with Crippen molar-refractivity contribution in [3.8, 4) is 17.1 Å². The highest BCUT2D eigenvalue weighted by molar-refractivity contribution is 5.63. The Labute approximate surface area is 102 Å². The first-order valence-electron chi connectivity index (χ1n) is 5.79. The molecule has 88 valence electrons. The fraction of sp³-hybridized carbons (Fsp3) is 0.286. The molecule has 0 amide bonds. The molecule has 3 nitrogen and oxygen atoms in total. The maximum Gasteiger partial charge on any atom is 0.162 e. The lowest BCUT2D eigenvalue weighted by atomic mass is 10.1. The predicted molar refractivity (Wildman–Crippen MR) is 68.0 cm³/mol. The Morgan fingerprint density at radius 1 is 1.12 bits per heavy atom. The molecule has 0 aliphatic rings. The molecule has 1 heterocycles. The third kappa shape index (κ3) is 2.61. The molecule has 1 aromatic heterocycles. The Bertz CT molecular complexity index is 480. The molecule has 2 rings (SSSR count). The minimum absolute atomic E-state index is 0.710. The smallest absolute Gasteiger partial charge is 0.162 e. The van der Waals surface area contributed by atoms with Crippen molar-refractivity contribution in [2.75, 3.05) is 7.11 Å². The maximum atomic E-state index is 5.30. The highest BCUT2D eigenvalue weighted by Gasteiger charge is 2.07. The van der Waals surface area contributed by atoms with Crippen molar-refractivity contribution in [2.45, 2.75) is 19.8 Å². The lowest BCUT2D eigenvalue weighted by Crippen LogP contribution is -1.94. The van der Waals surface area contributed by atoms with E-state index in [0.29, 0.717) is 5.82 Å². The number of methoxy groups -OCH3 is 1. The molecular weight excluding hydrogens is 212 g/mol. The molecule has 0 saturated heterocycles. The van der Waals surface area contributed by atoms with Gasteiger partial charge in [0.1, 0.15) is 5.75 Å². The number of hydrogen-bond donors (Lipinski definition) is 0. The number of aryl methyl sites for hydroxylation is 1. The Balaban J connectivity index is 2.33. The molecule has 17 heavy (non-hydrogen) atoms. The van der Waals surface area contributed by atoms with Crippen LogP contribution >= 0.6 is 0 Å². The van der Waals surface area contributed by atoms with Crippen molar-refractivity contribution in [1.29, 1.82) is 0 Å². The van der Waals surface area contributed by atoms with E-state index >= 15 is 0 Å². The highest BCUT2D eigenvalue weighted by Crippen LogP contribution is 2.26. The zero-order chi connectivity index (χ0) is 12.1. The summed E-state index contributed by atoms with van der Waals surface area (Å²) in [7, 11) is 1.66. The molecular formula is C14H16N2O. The van der Waals surface area contributed by atoms with Gasteiger partial charge in [-0.1, -0.05) is 25.5 Å². The van der Waals surface area contributed by atoms with Crippen LogP contribution in [0.2, 0.25) is 0 Å². The van der Waals surface area contributed by atoms with Crippen LogP contribution in [0.3, 0.4) is 0 Å². The van der Waals surface area contributed by atoms with Crippen LogP contribution in [-0.4, -0.2) is 17.1 Å². The van der Waals surface area contributed by atoms with Gasteiger partial charge in [-0.05, 0) is 24.1 Å². The van der Waals surface area contributed by atoms with Crippen molar-refractivity contribution in [1.82, 2.24) is 9.97 Å². The first-order chi connectivity index (χ1) is 8.35. The molecule has 2 aromatic rings. The lowest BCUT2D eigenvalue weighted by Gasteiger charge is -2.06. The number of para-hydroxylation sites is 1. The summed E-state index contributed by atoms with van der Waals surface area (Å²) in [5, 5.41) is 0. The molecule has 0 N–H and O–H groups in total. The summed E-state index contributed by atoms with van der Waals surface area (Å²) >= 11 is 0. The second-order valence-corrected chi connectivity index (χ2v) is 3.87. The van der Waals surface area contributed by atoms with Crippen molar-refractivity contribution in [2.24, 2.45) is 0 Å². The Morgan fingerprint density at radius 2 is 1.82 bits per heavy atom. The van der Waals surface area contributed by atoms with Crippen LogP contribution in [0.25, 0.3) is 11.4 Å². The third-order valence-corrected chi connectivity index (χ3v) is 2.59. The molecule has 0 unspecified atom stereocenters. The second-order valence-electron chi connectivity index (χ2n) is 3.87.